The minimum atomic E-state index is 0.676. The number of benzene rings is 1. The first-order chi connectivity index (χ1) is 5.29. The second-order valence-corrected chi connectivity index (χ2v) is 4.16. The summed E-state index contributed by atoms with van der Waals surface area (Å²) in [6.45, 7) is 6.60. The predicted molar refractivity (Wildman–Crippen MR) is 54.6 cm³/mol. The van der Waals surface area contributed by atoms with Crippen molar-refractivity contribution in [1.29, 1.82) is 0 Å². The van der Waals surface area contributed by atoms with Crippen molar-refractivity contribution in [3.8, 4) is 0 Å². The molecule has 1 aromatic rings. The molecule has 0 aromatic heterocycles. The van der Waals surface area contributed by atoms with Crippen LogP contribution in [0.4, 0.5) is 0 Å². The van der Waals surface area contributed by atoms with Crippen molar-refractivity contribution in [3.05, 3.63) is 30.3 Å². The molecular formula is C9H12BS. The van der Waals surface area contributed by atoms with E-state index in [-0.39, 0.29) is 0 Å². The van der Waals surface area contributed by atoms with Gasteiger partial charge in [0.15, 0.2) is 0 Å². The van der Waals surface area contributed by atoms with Crippen molar-refractivity contribution in [2.45, 2.75) is 19.1 Å². The molecule has 1 radical (unpaired) electrons. The van der Waals surface area contributed by atoms with Crippen LogP contribution in [-0.2, 0) is 0 Å². The van der Waals surface area contributed by atoms with Crippen molar-refractivity contribution in [2.24, 2.45) is 0 Å². The molecule has 1 aromatic carbocycles. The molecule has 0 aliphatic heterocycles. The molecule has 0 N–H and O–H groups in total. The highest BCUT2D eigenvalue weighted by molar-refractivity contribution is 8.24. The van der Waals surface area contributed by atoms with Crippen LogP contribution in [0.15, 0.2) is 30.3 Å². The largest absolute Gasteiger partial charge is 0.229 e. The Hall–Kier alpha value is -0.365. The van der Waals surface area contributed by atoms with Gasteiger partial charge in [0.25, 0.3) is 0 Å². The van der Waals surface area contributed by atoms with E-state index in [1.54, 1.807) is 0 Å². The zero-order valence-electron chi connectivity index (χ0n) is 6.95. The van der Waals surface area contributed by atoms with Gasteiger partial charge in [-0.05, 0) is 5.25 Å². The third-order valence-corrected chi connectivity index (χ3v) is 2.23. The number of rotatable bonds is 3. The van der Waals surface area contributed by atoms with Crippen LogP contribution in [0.2, 0.25) is 0 Å². The lowest BCUT2D eigenvalue weighted by atomic mass is 9.95. The Morgan fingerprint density at radius 1 is 1.18 bits per heavy atom. The van der Waals surface area contributed by atoms with Gasteiger partial charge in [0.1, 0.15) is 0 Å². The summed E-state index contributed by atoms with van der Waals surface area (Å²) in [5.74, 6) is 0. The third kappa shape index (κ3) is 3.52. The molecule has 11 heavy (non-hydrogen) atoms. The molecule has 2 heteroatoms. The first-order valence-corrected chi connectivity index (χ1v) is 4.77. The summed E-state index contributed by atoms with van der Waals surface area (Å²) in [7, 11) is 0. The molecule has 0 bridgehead atoms. The van der Waals surface area contributed by atoms with Crippen LogP contribution in [0.5, 0.6) is 0 Å². The van der Waals surface area contributed by atoms with Gasteiger partial charge in [-0.25, -0.2) is 11.6 Å². The van der Waals surface area contributed by atoms with E-state index in [0.29, 0.717) is 5.25 Å². The first kappa shape index (κ1) is 8.73. The normalized spacial score (nSPS) is 10.1. The van der Waals surface area contributed by atoms with E-state index in [0.717, 1.165) is 0 Å². The Morgan fingerprint density at radius 3 is 2.36 bits per heavy atom. The average Bonchev–Trinajstić information content (AvgIpc) is 2.03. The summed E-state index contributed by atoms with van der Waals surface area (Å²) in [4.78, 5) is 0. The smallest absolute Gasteiger partial charge is 0.208 e. The minimum absolute atomic E-state index is 0.676. The van der Waals surface area contributed by atoms with Crippen LogP contribution in [-0.4, -0.2) is 11.8 Å². The summed E-state index contributed by atoms with van der Waals surface area (Å²) in [6.07, 6.45) is 0. The molecule has 0 unspecified atom stereocenters. The summed E-state index contributed by atoms with van der Waals surface area (Å²) in [5.41, 5.74) is 1.30. The van der Waals surface area contributed by atoms with Gasteiger partial charge < -0.3 is 0 Å². The van der Waals surface area contributed by atoms with Crippen LogP contribution in [0.3, 0.4) is 0 Å². The fourth-order valence-corrected chi connectivity index (χ4v) is 1.33. The van der Waals surface area contributed by atoms with E-state index in [2.05, 4.69) is 44.7 Å². The molecule has 57 valence electrons. The topological polar surface area (TPSA) is 0 Å². The van der Waals surface area contributed by atoms with Crippen molar-refractivity contribution < 1.29 is 0 Å². The maximum absolute atomic E-state index is 2.20. The van der Waals surface area contributed by atoms with Crippen LogP contribution in [0.25, 0.3) is 0 Å². The fourth-order valence-electron chi connectivity index (χ4n) is 0.746. The van der Waals surface area contributed by atoms with Gasteiger partial charge in [-0.15, -0.1) is 0 Å². The van der Waals surface area contributed by atoms with E-state index in [1.807, 2.05) is 17.7 Å². The molecule has 0 heterocycles. The molecule has 0 nitrogen and oxygen atoms in total. The Kier molecular flexibility index (Phi) is 3.57. The lowest BCUT2D eigenvalue weighted by molar-refractivity contribution is 1.12. The highest BCUT2D eigenvalue weighted by atomic mass is 32.2. The highest BCUT2D eigenvalue weighted by Crippen LogP contribution is 2.05. The van der Waals surface area contributed by atoms with Gasteiger partial charge in [0.2, 0.25) is 6.56 Å². The second kappa shape index (κ2) is 4.50. The standard InChI is InChI=1S/C9H12BS/c1-8(2)11-10-9-6-4-3-5-7-9/h3-8H,1-2H3. The van der Waals surface area contributed by atoms with Crippen molar-refractivity contribution in [1.82, 2.24) is 0 Å². The van der Waals surface area contributed by atoms with Crippen LogP contribution in [0, 0.1) is 0 Å². The van der Waals surface area contributed by atoms with Crippen molar-refractivity contribution in [2.75, 3.05) is 0 Å². The summed E-state index contributed by atoms with van der Waals surface area (Å²) in [5, 5.41) is 0.676. The Bertz CT molecular complexity index is 196. The predicted octanol–water partition coefficient (Wildman–Crippen LogP) is 2.07. The number of hydrogen-bond donors (Lipinski definition) is 0. The molecule has 0 saturated heterocycles. The average molecular weight is 163 g/mol. The van der Waals surface area contributed by atoms with Crippen molar-refractivity contribution in [3.63, 3.8) is 0 Å². The molecule has 0 aliphatic carbocycles. The zero-order valence-corrected chi connectivity index (χ0v) is 7.77. The summed E-state index contributed by atoms with van der Waals surface area (Å²) >= 11 is 1.86. The molecule has 0 saturated carbocycles. The quantitative estimate of drug-likeness (QED) is 0.614. The lowest BCUT2D eigenvalue weighted by Crippen LogP contribution is -2.11. The molecule has 0 fully saturated rings. The Labute approximate surface area is 73.5 Å². The molecule has 0 spiro atoms. The Balaban J connectivity index is 2.39. The van der Waals surface area contributed by atoms with Gasteiger partial charge in [-0.1, -0.05) is 49.6 Å². The van der Waals surface area contributed by atoms with Crippen LogP contribution in [0.1, 0.15) is 13.8 Å². The third-order valence-electron chi connectivity index (χ3n) is 1.28. The maximum atomic E-state index is 2.20. The van der Waals surface area contributed by atoms with Crippen molar-refractivity contribution >= 4 is 23.6 Å². The monoisotopic (exact) mass is 163 g/mol. The fraction of sp³-hybridized carbons (Fsp3) is 0.333. The van der Waals surface area contributed by atoms with Gasteiger partial charge in [0.05, 0.1) is 0 Å². The lowest BCUT2D eigenvalue weighted by Gasteiger charge is -2.02. The maximum Gasteiger partial charge on any atom is 0.229 e. The first-order valence-electron chi connectivity index (χ1n) is 3.83. The molecule has 0 aliphatic rings. The van der Waals surface area contributed by atoms with E-state index in [4.69, 9.17) is 0 Å². The molecule has 0 amide bonds. The SMILES string of the molecule is CC(C)S[B]c1ccccc1. The molecular weight excluding hydrogens is 151 g/mol. The minimum Gasteiger partial charge on any atom is -0.208 e. The van der Waals surface area contributed by atoms with Crippen LogP contribution >= 0.6 is 11.6 Å². The Morgan fingerprint density at radius 2 is 1.82 bits per heavy atom. The molecule has 0 atom stereocenters. The zero-order chi connectivity index (χ0) is 8.10. The van der Waals surface area contributed by atoms with Gasteiger partial charge in [-0.3, -0.25) is 0 Å². The number of hydrogen-bond acceptors (Lipinski definition) is 1. The second-order valence-electron chi connectivity index (χ2n) is 2.71. The summed E-state index contributed by atoms with van der Waals surface area (Å²) < 4.78 is 0. The van der Waals surface area contributed by atoms with Gasteiger partial charge >= 0.3 is 0 Å². The van der Waals surface area contributed by atoms with E-state index >= 15 is 0 Å². The van der Waals surface area contributed by atoms with E-state index in [1.165, 1.54) is 5.46 Å². The molecule has 1 rings (SSSR count). The van der Waals surface area contributed by atoms with E-state index < -0.39 is 0 Å². The highest BCUT2D eigenvalue weighted by Gasteiger charge is 1.97. The van der Waals surface area contributed by atoms with Gasteiger partial charge in [-0.2, -0.15) is 0 Å². The van der Waals surface area contributed by atoms with E-state index in [9.17, 15) is 0 Å². The van der Waals surface area contributed by atoms with Crippen LogP contribution < -0.4 is 5.46 Å². The summed E-state index contributed by atoms with van der Waals surface area (Å²) in [6, 6.07) is 10.4. The van der Waals surface area contributed by atoms with Gasteiger partial charge in [0, 0.05) is 0 Å².